The molecular formula is C21H19F3N4OS. The van der Waals surface area contributed by atoms with E-state index in [-0.39, 0.29) is 11.6 Å². The molecule has 5 nitrogen and oxygen atoms in total. The van der Waals surface area contributed by atoms with Crippen molar-refractivity contribution in [3.8, 4) is 11.6 Å². The number of benzene rings is 2. The molecule has 0 unspecified atom stereocenters. The van der Waals surface area contributed by atoms with Gasteiger partial charge in [-0.25, -0.2) is 0 Å². The molecule has 0 fully saturated rings. The van der Waals surface area contributed by atoms with Crippen LogP contribution in [0, 0.1) is 6.92 Å². The fourth-order valence-electron chi connectivity index (χ4n) is 3.28. The number of halogens is 3. The maximum atomic E-state index is 13.2. The third kappa shape index (κ3) is 4.30. The fourth-order valence-corrected chi connectivity index (χ4v) is 3.69. The van der Waals surface area contributed by atoms with E-state index < -0.39 is 12.7 Å². The molecule has 2 aromatic carbocycles. The van der Waals surface area contributed by atoms with Gasteiger partial charge in [0.25, 0.3) is 5.89 Å². The van der Waals surface area contributed by atoms with Crippen molar-refractivity contribution in [3.63, 3.8) is 0 Å². The van der Waals surface area contributed by atoms with Crippen LogP contribution < -0.4 is 5.32 Å². The number of thioether (sulfide) groups is 1. The summed E-state index contributed by atoms with van der Waals surface area (Å²) in [5, 5.41) is 7.83. The molecule has 0 spiro atoms. The van der Waals surface area contributed by atoms with E-state index in [0.29, 0.717) is 17.9 Å². The molecule has 30 heavy (non-hydrogen) atoms. The van der Waals surface area contributed by atoms with E-state index in [1.54, 1.807) is 30.0 Å². The topological polar surface area (TPSA) is 55.9 Å². The van der Waals surface area contributed by atoms with Crippen molar-refractivity contribution in [2.45, 2.75) is 31.1 Å². The maximum Gasteiger partial charge on any atom is 0.406 e. The van der Waals surface area contributed by atoms with Crippen molar-refractivity contribution in [2.75, 3.05) is 11.6 Å². The molecule has 0 aliphatic heterocycles. The van der Waals surface area contributed by atoms with Crippen LogP contribution in [0.3, 0.4) is 0 Å². The van der Waals surface area contributed by atoms with Gasteiger partial charge >= 0.3 is 6.18 Å². The fraction of sp³-hybridized carbons (Fsp3) is 0.238. The van der Waals surface area contributed by atoms with Crippen molar-refractivity contribution in [1.29, 1.82) is 0 Å². The van der Waals surface area contributed by atoms with Crippen LogP contribution in [-0.4, -0.2) is 27.1 Å². The number of hydrogen-bond donors (Lipinski definition) is 1. The lowest BCUT2D eigenvalue weighted by Gasteiger charge is -2.11. The second kappa shape index (κ2) is 8.06. The molecule has 2 aromatic heterocycles. The summed E-state index contributed by atoms with van der Waals surface area (Å²) < 4.78 is 46.1. The summed E-state index contributed by atoms with van der Waals surface area (Å²) in [6, 6.07) is 14.8. The van der Waals surface area contributed by atoms with Crippen LogP contribution in [0.15, 0.2) is 57.9 Å². The van der Waals surface area contributed by atoms with Crippen molar-refractivity contribution in [2.24, 2.45) is 0 Å². The Bertz CT molecular complexity index is 1170. The lowest BCUT2D eigenvalue weighted by atomic mass is 10.1. The largest absolute Gasteiger partial charge is 0.406 e. The van der Waals surface area contributed by atoms with Gasteiger partial charge in [0.1, 0.15) is 12.2 Å². The summed E-state index contributed by atoms with van der Waals surface area (Å²) >= 11 is 1.65. The maximum absolute atomic E-state index is 13.2. The zero-order valence-electron chi connectivity index (χ0n) is 16.3. The SMILES string of the molecule is CSc1ccc(NCc2noc(-c3cc4c(C)cccc4n3CC(F)(F)F)n2)cc1. The van der Waals surface area contributed by atoms with Crippen LogP contribution in [0.25, 0.3) is 22.5 Å². The number of nitrogens with zero attached hydrogens (tertiary/aromatic N) is 3. The number of aromatic nitrogens is 3. The summed E-state index contributed by atoms with van der Waals surface area (Å²) in [6.45, 7) is 1.02. The first-order chi connectivity index (χ1) is 14.3. The van der Waals surface area contributed by atoms with Crippen LogP contribution in [0.2, 0.25) is 0 Å². The number of alkyl halides is 3. The summed E-state index contributed by atoms with van der Waals surface area (Å²) in [7, 11) is 0. The minimum absolute atomic E-state index is 0.0596. The van der Waals surface area contributed by atoms with Gasteiger partial charge in [-0.3, -0.25) is 0 Å². The van der Waals surface area contributed by atoms with Gasteiger partial charge in [-0.15, -0.1) is 11.8 Å². The predicted molar refractivity (Wildman–Crippen MR) is 112 cm³/mol. The van der Waals surface area contributed by atoms with Gasteiger partial charge < -0.3 is 14.4 Å². The van der Waals surface area contributed by atoms with Crippen LogP contribution in [0.1, 0.15) is 11.4 Å². The molecule has 0 radical (unpaired) electrons. The monoisotopic (exact) mass is 432 g/mol. The molecule has 0 saturated carbocycles. The predicted octanol–water partition coefficient (Wildman–Crippen LogP) is 5.90. The first kappa shape index (κ1) is 20.3. The highest BCUT2D eigenvalue weighted by atomic mass is 32.2. The van der Waals surface area contributed by atoms with E-state index in [2.05, 4.69) is 15.5 Å². The number of rotatable bonds is 6. The highest BCUT2D eigenvalue weighted by molar-refractivity contribution is 7.98. The molecule has 0 bridgehead atoms. The minimum atomic E-state index is -4.38. The van der Waals surface area contributed by atoms with Crippen molar-refractivity contribution >= 4 is 28.4 Å². The third-order valence-corrected chi connectivity index (χ3v) is 5.47. The number of nitrogens with one attached hydrogen (secondary N) is 1. The molecule has 0 atom stereocenters. The molecule has 156 valence electrons. The Morgan fingerprint density at radius 3 is 2.60 bits per heavy atom. The summed E-state index contributed by atoms with van der Waals surface area (Å²) in [5.41, 5.74) is 2.50. The van der Waals surface area contributed by atoms with E-state index in [1.165, 1.54) is 4.57 Å². The van der Waals surface area contributed by atoms with Gasteiger partial charge in [-0.05, 0) is 55.1 Å². The molecule has 1 N–H and O–H groups in total. The molecule has 0 aliphatic rings. The molecular weight excluding hydrogens is 413 g/mol. The van der Waals surface area contributed by atoms with Crippen LogP contribution in [0.5, 0.6) is 0 Å². The lowest BCUT2D eigenvalue weighted by Crippen LogP contribution is -2.18. The summed E-state index contributed by atoms with van der Waals surface area (Å²) in [5.74, 6) is 0.420. The van der Waals surface area contributed by atoms with Gasteiger partial charge in [0.05, 0.1) is 6.54 Å². The minimum Gasteiger partial charge on any atom is -0.378 e. The van der Waals surface area contributed by atoms with E-state index in [9.17, 15) is 13.2 Å². The van der Waals surface area contributed by atoms with Gasteiger partial charge in [-0.2, -0.15) is 18.2 Å². The lowest BCUT2D eigenvalue weighted by molar-refractivity contribution is -0.139. The quantitative estimate of drug-likeness (QED) is 0.385. The number of fused-ring (bicyclic) bond motifs is 1. The van der Waals surface area contributed by atoms with Gasteiger partial charge in [-0.1, -0.05) is 17.3 Å². The third-order valence-electron chi connectivity index (χ3n) is 4.73. The van der Waals surface area contributed by atoms with Crippen LogP contribution >= 0.6 is 11.8 Å². The second-order valence-corrected chi connectivity index (χ2v) is 7.72. The molecule has 2 heterocycles. The number of anilines is 1. The summed E-state index contributed by atoms with van der Waals surface area (Å²) in [6.07, 6.45) is -2.37. The highest BCUT2D eigenvalue weighted by Crippen LogP contribution is 2.32. The zero-order chi connectivity index (χ0) is 21.3. The Labute approximate surface area is 175 Å². The Morgan fingerprint density at radius 1 is 1.13 bits per heavy atom. The van der Waals surface area contributed by atoms with E-state index in [0.717, 1.165) is 21.5 Å². The average molecular weight is 432 g/mol. The smallest absolute Gasteiger partial charge is 0.378 e. The van der Waals surface area contributed by atoms with Crippen LogP contribution in [-0.2, 0) is 13.1 Å². The average Bonchev–Trinajstić information content (AvgIpc) is 3.31. The standard InChI is InChI=1S/C21H19F3N4OS/c1-13-4-3-5-17-16(13)10-18(28(17)12-21(22,23)24)20-26-19(27-29-20)11-25-14-6-8-15(30-2)9-7-14/h3-10,25H,11-12H2,1-2H3. The Hall–Kier alpha value is -2.94. The summed E-state index contributed by atoms with van der Waals surface area (Å²) in [4.78, 5) is 5.46. The Morgan fingerprint density at radius 2 is 1.90 bits per heavy atom. The zero-order valence-corrected chi connectivity index (χ0v) is 17.1. The highest BCUT2D eigenvalue weighted by Gasteiger charge is 2.31. The molecule has 4 aromatic rings. The number of hydrogen-bond acceptors (Lipinski definition) is 5. The molecule has 0 aliphatic carbocycles. The van der Waals surface area contributed by atoms with Gasteiger partial charge in [0.2, 0.25) is 0 Å². The normalized spacial score (nSPS) is 11.9. The number of aryl methyl sites for hydroxylation is 1. The van der Waals surface area contributed by atoms with E-state index in [4.69, 9.17) is 4.52 Å². The molecule has 0 amide bonds. The van der Waals surface area contributed by atoms with Crippen LogP contribution in [0.4, 0.5) is 18.9 Å². The van der Waals surface area contributed by atoms with Gasteiger partial charge in [0, 0.05) is 21.5 Å². The van der Waals surface area contributed by atoms with Crippen molar-refractivity contribution in [1.82, 2.24) is 14.7 Å². The van der Waals surface area contributed by atoms with E-state index in [1.807, 2.05) is 43.5 Å². The Balaban J connectivity index is 1.62. The molecule has 9 heteroatoms. The van der Waals surface area contributed by atoms with Crippen molar-refractivity contribution < 1.29 is 17.7 Å². The molecule has 0 saturated heterocycles. The first-order valence-corrected chi connectivity index (χ1v) is 10.4. The van der Waals surface area contributed by atoms with Gasteiger partial charge in [0.15, 0.2) is 5.82 Å². The Kier molecular flexibility index (Phi) is 5.46. The van der Waals surface area contributed by atoms with Crippen molar-refractivity contribution in [3.05, 3.63) is 59.9 Å². The first-order valence-electron chi connectivity index (χ1n) is 9.20. The van der Waals surface area contributed by atoms with E-state index >= 15 is 0 Å². The molecule has 4 rings (SSSR count). The second-order valence-electron chi connectivity index (χ2n) is 6.84.